The maximum absolute atomic E-state index is 13.2. The largest absolute Gasteiger partial charge is 0.372 e. The minimum Gasteiger partial charge on any atom is -0.372 e. The molecule has 1 fully saturated rings. The maximum atomic E-state index is 13.2. The number of anilines is 1. The molecule has 0 saturated heterocycles. The summed E-state index contributed by atoms with van der Waals surface area (Å²) in [5.41, 5.74) is 1.47. The molecule has 2 aliphatic carbocycles. The Morgan fingerprint density at radius 1 is 0.926 bits per heavy atom. The number of hydrogen-bond acceptors (Lipinski definition) is 4. The first-order valence-corrected chi connectivity index (χ1v) is 10.0. The molecule has 1 saturated carbocycles. The minimum atomic E-state index is -0.667. The molecule has 0 atom stereocenters. The highest BCUT2D eigenvalue weighted by Crippen LogP contribution is 2.39. The average molecular weight is 426 g/mol. The predicted molar refractivity (Wildman–Crippen MR) is 108 cm³/mol. The van der Waals surface area contributed by atoms with Crippen LogP contribution in [0.25, 0.3) is 0 Å². The van der Waals surface area contributed by atoms with Gasteiger partial charge in [-0.05, 0) is 31.9 Å². The Hall–Kier alpha value is -2.27. The fourth-order valence-corrected chi connectivity index (χ4v) is 4.78. The predicted octanol–water partition coefficient (Wildman–Crippen LogP) is 4.93. The second-order valence-electron chi connectivity index (χ2n) is 7.37. The number of hydrogen-bond donors (Lipinski definition) is 1. The molecule has 0 aromatic heterocycles. The van der Waals surface area contributed by atoms with Gasteiger partial charge in [-0.2, -0.15) is 0 Å². The van der Waals surface area contributed by atoms with Crippen molar-refractivity contribution in [1.82, 2.24) is 0 Å². The second kappa shape index (κ2) is 6.71. The Labute approximate surface area is 166 Å². The lowest BCUT2D eigenvalue weighted by Gasteiger charge is -2.37. The molecule has 0 heterocycles. The molecule has 4 rings (SSSR count). The van der Waals surface area contributed by atoms with Crippen LogP contribution in [0, 0.1) is 0 Å². The summed E-state index contributed by atoms with van der Waals surface area (Å²) in [6, 6.07) is 10.5. The van der Waals surface area contributed by atoms with Crippen LogP contribution >= 0.6 is 15.9 Å². The number of rotatable bonds is 3. The zero-order chi connectivity index (χ0) is 19.2. The van der Waals surface area contributed by atoms with Crippen molar-refractivity contribution in [3.63, 3.8) is 0 Å². The van der Waals surface area contributed by atoms with E-state index in [1.54, 1.807) is 43.3 Å². The molecule has 4 nitrogen and oxygen atoms in total. The van der Waals surface area contributed by atoms with Gasteiger partial charge in [0.25, 0.3) is 0 Å². The van der Waals surface area contributed by atoms with Gasteiger partial charge in [-0.15, -0.1) is 0 Å². The molecule has 0 amide bonds. The lowest BCUT2D eigenvalue weighted by atomic mass is 9.77. The smallest absolute Gasteiger partial charge is 0.196 e. The van der Waals surface area contributed by atoms with Gasteiger partial charge in [0, 0.05) is 26.9 Å². The molecule has 0 bridgehead atoms. The first-order valence-electron chi connectivity index (χ1n) is 9.25. The van der Waals surface area contributed by atoms with Crippen molar-refractivity contribution in [2.45, 2.75) is 44.6 Å². The molecule has 0 radical (unpaired) electrons. The van der Waals surface area contributed by atoms with Crippen molar-refractivity contribution in [2.24, 2.45) is 0 Å². The molecular weight excluding hydrogens is 406 g/mol. The highest BCUT2D eigenvalue weighted by atomic mass is 79.9. The Morgan fingerprint density at radius 2 is 1.52 bits per heavy atom. The van der Waals surface area contributed by atoms with Gasteiger partial charge in [0.1, 0.15) is 0 Å². The van der Waals surface area contributed by atoms with E-state index >= 15 is 0 Å². The van der Waals surface area contributed by atoms with Gasteiger partial charge in [0.2, 0.25) is 0 Å². The summed E-state index contributed by atoms with van der Waals surface area (Å²) in [5.74, 6) is -0.274. The summed E-state index contributed by atoms with van der Waals surface area (Å²) in [7, 11) is 0. The molecule has 0 aliphatic heterocycles. The maximum Gasteiger partial charge on any atom is 0.196 e. The lowest BCUT2D eigenvalue weighted by molar-refractivity contribution is -0.122. The highest BCUT2D eigenvalue weighted by Gasteiger charge is 2.39. The van der Waals surface area contributed by atoms with Gasteiger partial charge in [-0.3, -0.25) is 14.4 Å². The summed E-state index contributed by atoms with van der Waals surface area (Å²) in [6.07, 6.45) is 4.54. The highest BCUT2D eigenvalue weighted by molar-refractivity contribution is 9.10. The fraction of sp³-hybridized carbons (Fsp3) is 0.318. The van der Waals surface area contributed by atoms with Crippen LogP contribution in [0.4, 0.5) is 5.69 Å². The first-order chi connectivity index (χ1) is 12.9. The van der Waals surface area contributed by atoms with Crippen LogP contribution in [0.1, 0.15) is 70.9 Å². The quantitative estimate of drug-likeness (QED) is 0.645. The molecule has 2 aliphatic rings. The number of carbonyl (C=O) groups excluding carboxylic acids is 3. The van der Waals surface area contributed by atoms with E-state index in [1.165, 1.54) is 0 Å². The zero-order valence-corrected chi connectivity index (χ0v) is 16.7. The van der Waals surface area contributed by atoms with Crippen LogP contribution in [0.3, 0.4) is 0 Å². The topological polar surface area (TPSA) is 63.2 Å². The molecule has 2 aromatic rings. The van der Waals surface area contributed by atoms with Crippen LogP contribution in [-0.2, 0) is 4.79 Å². The molecule has 5 heteroatoms. The van der Waals surface area contributed by atoms with Gasteiger partial charge in [0.05, 0.1) is 11.1 Å². The van der Waals surface area contributed by atoms with Crippen molar-refractivity contribution in [3.8, 4) is 0 Å². The van der Waals surface area contributed by atoms with Crippen molar-refractivity contribution < 1.29 is 14.4 Å². The van der Waals surface area contributed by atoms with Gasteiger partial charge in [-0.1, -0.05) is 59.5 Å². The second-order valence-corrected chi connectivity index (χ2v) is 8.23. The van der Waals surface area contributed by atoms with E-state index in [4.69, 9.17) is 0 Å². The van der Waals surface area contributed by atoms with E-state index in [2.05, 4.69) is 21.2 Å². The number of fused-ring (bicyclic) bond motifs is 2. The molecule has 138 valence electrons. The number of nitrogens with one attached hydrogen (secondary N) is 1. The normalized spacial score (nSPS) is 17.9. The molecular formula is C22H20BrNO3. The standard InChI is InChI=1S/C22H20BrNO3/c1-13(25)22(11-5-2-6-12-22)24-17-10-9-16(23)18-19(17)21(27)15-8-4-3-7-14(15)20(18)26/h3-4,7-10,24H,2,5-6,11-12H2,1H3. The van der Waals surface area contributed by atoms with Crippen LogP contribution in [0.5, 0.6) is 0 Å². The number of Topliss-reactive ketones (excluding diaryl/α,β-unsaturated/α-hetero) is 1. The number of halogens is 1. The van der Waals surface area contributed by atoms with E-state index in [0.717, 1.165) is 32.1 Å². The van der Waals surface area contributed by atoms with Crippen molar-refractivity contribution in [1.29, 1.82) is 0 Å². The average Bonchev–Trinajstić information content (AvgIpc) is 2.68. The summed E-state index contributed by atoms with van der Waals surface area (Å²) in [4.78, 5) is 38.8. The number of benzene rings is 2. The van der Waals surface area contributed by atoms with Crippen molar-refractivity contribution >= 4 is 39.0 Å². The fourth-order valence-electron chi connectivity index (χ4n) is 4.27. The van der Waals surface area contributed by atoms with Gasteiger partial charge < -0.3 is 5.32 Å². The molecule has 27 heavy (non-hydrogen) atoms. The molecule has 1 N–H and O–H groups in total. The Balaban J connectivity index is 1.87. The summed E-state index contributed by atoms with van der Waals surface area (Å²) in [5, 5.41) is 3.39. The molecule has 0 spiro atoms. The SMILES string of the molecule is CC(=O)C1(Nc2ccc(Br)c3c2C(=O)c2ccccc2C3=O)CCCCC1. The zero-order valence-electron chi connectivity index (χ0n) is 15.1. The Morgan fingerprint density at radius 3 is 2.11 bits per heavy atom. The third-order valence-electron chi connectivity index (χ3n) is 5.78. The lowest BCUT2D eigenvalue weighted by Crippen LogP contribution is -2.47. The minimum absolute atomic E-state index is 0.0776. The van der Waals surface area contributed by atoms with E-state index in [-0.39, 0.29) is 17.3 Å². The first kappa shape index (κ1) is 18.1. The summed E-state index contributed by atoms with van der Waals surface area (Å²) in [6.45, 7) is 1.60. The van der Waals surface area contributed by atoms with Gasteiger partial charge in [0.15, 0.2) is 17.3 Å². The van der Waals surface area contributed by atoms with Gasteiger partial charge >= 0.3 is 0 Å². The Kier molecular flexibility index (Phi) is 4.50. The monoisotopic (exact) mass is 425 g/mol. The van der Waals surface area contributed by atoms with Gasteiger partial charge in [-0.25, -0.2) is 0 Å². The van der Waals surface area contributed by atoms with Crippen LogP contribution in [-0.4, -0.2) is 22.9 Å². The Bertz CT molecular complexity index is 974. The summed E-state index contributed by atoms with van der Waals surface area (Å²) >= 11 is 3.44. The molecule has 0 unspecified atom stereocenters. The van der Waals surface area contributed by atoms with E-state index in [1.807, 2.05) is 0 Å². The molecule has 2 aromatic carbocycles. The van der Waals surface area contributed by atoms with Crippen LogP contribution < -0.4 is 5.32 Å². The number of carbonyl (C=O) groups is 3. The van der Waals surface area contributed by atoms with Crippen molar-refractivity contribution in [3.05, 3.63) is 63.1 Å². The summed E-state index contributed by atoms with van der Waals surface area (Å²) < 4.78 is 0.594. The van der Waals surface area contributed by atoms with E-state index < -0.39 is 5.54 Å². The van der Waals surface area contributed by atoms with Crippen LogP contribution in [0.2, 0.25) is 0 Å². The van der Waals surface area contributed by atoms with E-state index in [0.29, 0.717) is 32.4 Å². The number of ketones is 3. The third-order valence-corrected chi connectivity index (χ3v) is 6.44. The van der Waals surface area contributed by atoms with Crippen LogP contribution in [0.15, 0.2) is 40.9 Å². The third kappa shape index (κ3) is 2.85. The van der Waals surface area contributed by atoms with Crippen molar-refractivity contribution in [2.75, 3.05) is 5.32 Å². The van der Waals surface area contributed by atoms with E-state index in [9.17, 15) is 14.4 Å².